The summed E-state index contributed by atoms with van der Waals surface area (Å²) < 4.78 is 0. The van der Waals surface area contributed by atoms with Crippen LogP contribution in [0.15, 0.2) is 30.3 Å². The van der Waals surface area contributed by atoms with E-state index in [-0.39, 0.29) is 5.41 Å². The molecule has 0 aliphatic heterocycles. The minimum atomic E-state index is -1.34. The lowest BCUT2D eigenvalue weighted by molar-refractivity contribution is -0.157. The second-order valence-electron chi connectivity index (χ2n) is 6.12. The van der Waals surface area contributed by atoms with Gasteiger partial charge in [0.05, 0.1) is 0 Å². The number of hydrogen-bond acceptors (Lipinski definition) is 2. The van der Waals surface area contributed by atoms with E-state index in [2.05, 4.69) is 12.1 Å². The number of aliphatic carboxylic acids is 1. The zero-order chi connectivity index (χ0) is 14.1. The van der Waals surface area contributed by atoms with Gasteiger partial charge in [-0.15, -0.1) is 0 Å². The number of carboxylic acid groups (broad SMARTS) is 1. The van der Waals surface area contributed by atoms with E-state index in [9.17, 15) is 15.0 Å². The molecule has 104 valence electrons. The first-order valence-corrected chi connectivity index (χ1v) is 6.88. The van der Waals surface area contributed by atoms with Crippen molar-refractivity contribution in [2.75, 3.05) is 0 Å². The van der Waals surface area contributed by atoms with Crippen LogP contribution in [-0.4, -0.2) is 22.3 Å². The normalized spacial score (nSPS) is 20.2. The first-order valence-electron chi connectivity index (χ1n) is 6.88. The van der Waals surface area contributed by atoms with E-state index in [1.807, 2.05) is 32.0 Å². The summed E-state index contributed by atoms with van der Waals surface area (Å²) in [6.07, 6.45) is 2.71. The molecule has 1 unspecified atom stereocenters. The Morgan fingerprint density at radius 3 is 2.21 bits per heavy atom. The lowest BCUT2D eigenvalue weighted by Gasteiger charge is -2.46. The molecule has 3 nitrogen and oxygen atoms in total. The summed E-state index contributed by atoms with van der Waals surface area (Å²) in [5, 5.41) is 19.3. The number of carboxylic acids is 1. The first kappa shape index (κ1) is 14.1. The zero-order valence-electron chi connectivity index (χ0n) is 11.6. The molecule has 19 heavy (non-hydrogen) atoms. The topological polar surface area (TPSA) is 57.5 Å². The van der Waals surface area contributed by atoms with E-state index >= 15 is 0 Å². The minimum absolute atomic E-state index is 0.244. The van der Waals surface area contributed by atoms with Crippen molar-refractivity contribution in [3.8, 4) is 0 Å². The number of hydrogen-bond donors (Lipinski definition) is 2. The van der Waals surface area contributed by atoms with Gasteiger partial charge in [-0.2, -0.15) is 0 Å². The molecule has 0 saturated heterocycles. The quantitative estimate of drug-likeness (QED) is 0.877. The summed E-state index contributed by atoms with van der Waals surface area (Å²) in [6.45, 7) is 3.76. The third-order valence-electron chi connectivity index (χ3n) is 4.93. The predicted molar refractivity (Wildman–Crippen MR) is 74.0 cm³/mol. The van der Waals surface area contributed by atoms with Crippen LogP contribution in [0.4, 0.5) is 0 Å². The molecular formula is C16H22O3. The monoisotopic (exact) mass is 262 g/mol. The van der Waals surface area contributed by atoms with Gasteiger partial charge in [0.2, 0.25) is 0 Å². The third kappa shape index (κ3) is 2.16. The van der Waals surface area contributed by atoms with Crippen LogP contribution in [0.25, 0.3) is 0 Å². The van der Waals surface area contributed by atoms with E-state index < -0.39 is 17.5 Å². The number of aliphatic hydroxyl groups excluding tert-OH is 1. The van der Waals surface area contributed by atoms with Crippen LogP contribution in [0, 0.1) is 5.41 Å². The number of rotatable bonds is 4. The fourth-order valence-electron chi connectivity index (χ4n) is 3.61. The van der Waals surface area contributed by atoms with Crippen molar-refractivity contribution in [3.63, 3.8) is 0 Å². The van der Waals surface area contributed by atoms with E-state index in [1.54, 1.807) is 0 Å². The van der Waals surface area contributed by atoms with Crippen molar-refractivity contribution in [2.45, 2.75) is 51.0 Å². The molecule has 1 atom stereocenters. The van der Waals surface area contributed by atoms with Crippen molar-refractivity contribution >= 4 is 5.97 Å². The molecule has 1 aromatic carbocycles. The first-order chi connectivity index (χ1) is 8.92. The van der Waals surface area contributed by atoms with Crippen LogP contribution < -0.4 is 0 Å². The molecule has 1 aliphatic rings. The fourth-order valence-corrected chi connectivity index (χ4v) is 3.61. The Kier molecular flexibility index (Phi) is 3.68. The molecule has 0 bridgehead atoms. The Bertz CT molecular complexity index is 444. The SMILES string of the molecule is CC(C)(C(O)C(=O)O)C1(c2ccccc2)CCCC1. The molecule has 2 rings (SSSR count). The van der Waals surface area contributed by atoms with Crippen LogP contribution in [0.3, 0.4) is 0 Å². The predicted octanol–water partition coefficient (Wildman–Crippen LogP) is 2.97. The van der Waals surface area contributed by atoms with Crippen LogP contribution >= 0.6 is 0 Å². The fraction of sp³-hybridized carbons (Fsp3) is 0.562. The number of benzene rings is 1. The molecule has 1 fully saturated rings. The summed E-state index contributed by atoms with van der Waals surface area (Å²) in [7, 11) is 0. The van der Waals surface area contributed by atoms with Crippen molar-refractivity contribution in [1.82, 2.24) is 0 Å². The average Bonchev–Trinajstić information content (AvgIpc) is 2.89. The van der Waals surface area contributed by atoms with Crippen LogP contribution in [-0.2, 0) is 10.2 Å². The third-order valence-corrected chi connectivity index (χ3v) is 4.93. The molecule has 2 N–H and O–H groups in total. The van der Waals surface area contributed by atoms with Gasteiger partial charge >= 0.3 is 5.97 Å². The Morgan fingerprint density at radius 1 is 1.21 bits per heavy atom. The van der Waals surface area contributed by atoms with Gasteiger partial charge in [0, 0.05) is 10.8 Å². The van der Waals surface area contributed by atoms with Gasteiger partial charge in [0.15, 0.2) is 6.10 Å². The Morgan fingerprint density at radius 2 is 1.74 bits per heavy atom. The molecule has 0 amide bonds. The molecule has 1 aliphatic carbocycles. The Hall–Kier alpha value is -1.35. The van der Waals surface area contributed by atoms with E-state index in [4.69, 9.17) is 0 Å². The zero-order valence-corrected chi connectivity index (χ0v) is 11.6. The summed E-state index contributed by atoms with van der Waals surface area (Å²) in [6, 6.07) is 10.0. The van der Waals surface area contributed by atoms with Gasteiger partial charge in [-0.3, -0.25) is 0 Å². The molecule has 3 heteroatoms. The van der Waals surface area contributed by atoms with E-state index in [0.29, 0.717) is 0 Å². The summed E-state index contributed by atoms with van der Waals surface area (Å²) in [5.74, 6) is -1.13. The summed E-state index contributed by atoms with van der Waals surface area (Å²) in [4.78, 5) is 11.2. The molecular weight excluding hydrogens is 240 g/mol. The van der Waals surface area contributed by atoms with E-state index in [0.717, 1.165) is 31.2 Å². The molecule has 1 saturated carbocycles. The smallest absolute Gasteiger partial charge is 0.333 e. The molecule has 0 heterocycles. The summed E-state index contributed by atoms with van der Waals surface area (Å²) >= 11 is 0. The molecule has 0 aromatic heterocycles. The van der Waals surface area contributed by atoms with Crippen molar-refractivity contribution in [2.24, 2.45) is 5.41 Å². The van der Waals surface area contributed by atoms with Gasteiger partial charge in [-0.25, -0.2) is 4.79 Å². The highest BCUT2D eigenvalue weighted by atomic mass is 16.4. The van der Waals surface area contributed by atoms with Crippen LogP contribution in [0.1, 0.15) is 45.1 Å². The van der Waals surface area contributed by atoms with E-state index in [1.165, 1.54) is 0 Å². The molecule has 0 spiro atoms. The highest BCUT2D eigenvalue weighted by molar-refractivity contribution is 5.73. The van der Waals surface area contributed by atoms with Crippen molar-refractivity contribution in [3.05, 3.63) is 35.9 Å². The maximum absolute atomic E-state index is 11.2. The standard InChI is InChI=1S/C16H22O3/c1-15(2,13(17)14(18)19)16(10-6-7-11-16)12-8-4-3-5-9-12/h3-5,8-9,13,17H,6-7,10-11H2,1-2H3,(H,18,19). The Labute approximate surface area is 114 Å². The van der Waals surface area contributed by atoms with Gasteiger partial charge in [0.25, 0.3) is 0 Å². The lowest BCUT2D eigenvalue weighted by Crippen LogP contribution is -2.50. The maximum atomic E-state index is 11.2. The second-order valence-corrected chi connectivity index (χ2v) is 6.12. The number of carbonyl (C=O) groups is 1. The van der Waals surface area contributed by atoms with Crippen LogP contribution in [0.5, 0.6) is 0 Å². The average molecular weight is 262 g/mol. The van der Waals surface area contributed by atoms with Gasteiger partial charge in [0.1, 0.15) is 0 Å². The number of aliphatic hydroxyl groups is 1. The largest absolute Gasteiger partial charge is 0.479 e. The van der Waals surface area contributed by atoms with Crippen molar-refractivity contribution in [1.29, 1.82) is 0 Å². The highest BCUT2D eigenvalue weighted by Crippen LogP contribution is 2.54. The van der Waals surface area contributed by atoms with Crippen LogP contribution in [0.2, 0.25) is 0 Å². The van der Waals surface area contributed by atoms with Gasteiger partial charge < -0.3 is 10.2 Å². The maximum Gasteiger partial charge on any atom is 0.333 e. The minimum Gasteiger partial charge on any atom is -0.479 e. The molecule has 0 radical (unpaired) electrons. The molecule has 1 aromatic rings. The van der Waals surface area contributed by atoms with Crippen molar-refractivity contribution < 1.29 is 15.0 Å². The Balaban J connectivity index is 2.48. The highest BCUT2D eigenvalue weighted by Gasteiger charge is 2.53. The van der Waals surface area contributed by atoms with Gasteiger partial charge in [-0.1, -0.05) is 57.0 Å². The summed E-state index contributed by atoms with van der Waals surface area (Å²) in [5.41, 5.74) is 0.223. The lowest BCUT2D eigenvalue weighted by atomic mass is 9.58. The van der Waals surface area contributed by atoms with Gasteiger partial charge in [-0.05, 0) is 18.4 Å². The second kappa shape index (κ2) is 4.97.